The van der Waals surface area contributed by atoms with Crippen LogP contribution in [0.1, 0.15) is 0 Å². The van der Waals surface area contributed by atoms with E-state index in [1.807, 2.05) is 0 Å². The Morgan fingerprint density at radius 2 is 1.78 bits per heavy atom. The average Bonchev–Trinajstić information content (AvgIpc) is 1.62. The first kappa shape index (κ1) is 8.14. The second kappa shape index (κ2) is 2.17. The van der Waals surface area contributed by atoms with Crippen molar-refractivity contribution in [2.75, 3.05) is 0 Å². The lowest BCUT2D eigenvalue weighted by Crippen LogP contribution is -2.31. The SMILES string of the molecule is O=C(O)N(O)S(=O)(=O)O. The minimum Gasteiger partial charge on any atom is -0.463 e. The van der Waals surface area contributed by atoms with Gasteiger partial charge >= 0.3 is 16.4 Å². The summed E-state index contributed by atoms with van der Waals surface area (Å²) in [7, 11) is -5.01. The Kier molecular flexibility index (Phi) is 1.96. The quantitative estimate of drug-likeness (QED) is 0.259. The third kappa shape index (κ3) is 2.26. The normalized spacial score (nSPS) is 10.9. The summed E-state index contributed by atoms with van der Waals surface area (Å²) in [6.07, 6.45) is -2.17. The highest BCUT2D eigenvalue weighted by molar-refractivity contribution is 7.83. The molecule has 1 amide bonds. The first-order chi connectivity index (χ1) is 3.85. The number of carboxylic acid groups (broad SMARTS) is 1. The molecule has 0 radical (unpaired) electrons. The fourth-order valence-electron chi connectivity index (χ4n) is 0.0987. The first-order valence-corrected chi connectivity index (χ1v) is 2.95. The van der Waals surface area contributed by atoms with Gasteiger partial charge in [0.25, 0.3) is 0 Å². The lowest BCUT2D eigenvalue weighted by atomic mass is 11.3. The fourth-order valence-corrected chi connectivity index (χ4v) is 0.296. The molecule has 0 saturated carbocycles. The highest BCUT2D eigenvalue weighted by atomic mass is 32.2. The summed E-state index contributed by atoms with van der Waals surface area (Å²) in [5, 5.41) is 15.5. The number of carbonyl (C=O) groups is 1. The zero-order chi connectivity index (χ0) is 7.65. The van der Waals surface area contributed by atoms with Gasteiger partial charge in [0.1, 0.15) is 0 Å². The number of nitrogens with zero attached hydrogens (tertiary/aromatic N) is 1. The van der Waals surface area contributed by atoms with Gasteiger partial charge in [-0.05, 0) is 0 Å². The van der Waals surface area contributed by atoms with Crippen molar-refractivity contribution in [1.82, 2.24) is 4.47 Å². The topological polar surface area (TPSA) is 115 Å². The van der Waals surface area contributed by atoms with Crippen molar-refractivity contribution in [2.45, 2.75) is 0 Å². The summed E-state index contributed by atoms with van der Waals surface area (Å²) in [4.78, 5) is 9.48. The van der Waals surface area contributed by atoms with Gasteiger partial charge in [-0.3, -0.25) is 9.76 Å². The molecule has 3 N–H and O–H groups in total. The molecule has 0 spiro atoms. The summed E-state index contributed by atoms with van der Waals surface area (Å²) in [5.41, 5.74) is 0. The van der Waals surface area contributed by atoms with Crippen molar-refractivity contribution in [2.24, 2.45) is 0 Å². The molecule has 7 nitrogen and oxygen atoms in total. The highest BCUT2D eigenvalue weighted by Crippen LogP contribution is 1.90. The molecule has 0 fully saturated rings. The van der Waals surface area contributed by atoms with Gasteiger partial charge in [0.2, 0.25) is 0 Å². The molecule has 0 unspecified atom stereocenters. The van der Waals surface area contributed by atoms with Crippen molar-refractivity contribution in [3.63, 3.8) is 0 Å². The second-order valence-corrected chi connectivity index (χ2v) is 2.24. The number of amides is 1. The molecule has 0 heterocycles. The molecule has 0 aliphatic rings. The average molecular weight is 157 g/mol. The summed E-state index contributed by atoms with van der Waals surface area (Å²) in [6, 6.07) is 0. The molecule has 0 aliphatic heterocycles. The molecule has 0 aliphatic carbocycles. The highest BCUT2D eigenvalue weighted by Gasteiger charge is 2.21. The minimum absolute atomic E-state index is 1.20. The molecule has 0 aromatic carbocycles. The molecule has 8 heteroatoms. The van der Waals surface area contributed by atoms with E-state index in [4.69, 9.17) is 14.9 Å². The molecular formula is CH3NO6S. The van der Waals surface area contributed by atoms with Crippen LogP contribution in [0.2, 0.25) is 0 Å². The van der Waals surface area contributed by atoms with Crippen LogP contribution in [0.3, 0.4) is 0 Å². The van der Waals surface area contributed by atoms with Gasteiger partial charge in [0.15, 0.2) is 0 Å². The number of hydrogen-bond acceptors (Lipinski definition) is 4. The van der Waals surface area contributed by atoms with Crippen LogP contribution >= 0.6 is 0 Å². The van der Waals surface area contributed by atoms with E-state index in [1.165, 1.54) is 0 Å². The van der Waals surface area contributed by atoms with Gasteiger partial charge in [0.05, 0.1) is 0 Å². The van der Waals surface area contributed by atoms with Crippen LogP contribution in [0, 0.1) is 0 Å². The number of rotatable bonds is 1. The van der Waals surface area contributed by atoms with E-state index in [9.17, 15) is 13.2 Å². The lowest BCUT2D eigenvalue weighted by molar-refractivity contribution is 0.00642. The molecule has 0 saturated heterocycles. The summed E-state index contributed by atoms with van der Waals surface area (Å²) in [5.74, 6) is 0. The second-order valence-electron chi connectivity index (χ2n) is 1.00. The van der Waals surface area contributed by atoms with E-state index >= 15 is 0 Å². The van der Waals surface area contributed by atoms with Crippen molar-refractivity contribution >= 4 is 16.4 Å². The van der Waals surface area contributed by atoms with Crippen LogP contribution in [0.25, 0.3) is 0 Å². The zero-order valence-corrected chi connectivity index (χ0v) is 4.74. The van der Waals surface area contributed by atoms with Gasteiger partial charge in [-0.25, -0.2) is 4.79 Å². The smallest absolute Gasteiger partial charge is 0.448 e. The maximum absolute atomic E-state index is 9.62. The van der Waals surface area contributed by atoms with Gasteiger partial charge in [-0.1, -0.05) is 4.47 Å². The van der Waals surface area contributed by atoms with E-state index in [2.05, 4.69) is 0 Å². The molecule has 0 bridgehead atoms. The maximum Gasteiger partial charge on any atom is 0.448 e. The van der Waals surface area contributed by atoms with Crippen LogP contribution in [0.4, 0.5) is 4.79 Å². The molecule has 0 atom stereocenters. The predicted molar refractivity (Wildman–Crippen MR) is 23.2 cm³/mol. The van der Waals surface area contributed by atoms with Crippen LogP contribution in [-0.4, -0.2) is 33.8 Å². The fraction of sp³-hybridized carbons (Fsp3) is 0. The molecule has 0 aromatic heterocycles. The van der Waals surface area contributed by atoms with Gasteiger partial charge in [-0.15, -0.1) is 0 Å². The lowest BCUT2D eigenvalue weighted by Gasteiger charge is -2.03. The maximum atomic E-state index is 9.62. The third-order valence-corrected chi connectivity index (χ3v) is 0.975. The van der Waals surface area contributed by atoms with Gasteiger partial charge in [-0.2, -0.15) is 8.42 Å². The van der Waals surface area contributed by atoms with E-state index < -0.39 is 20.9 Å². The largest absolute Gasteiger partial charge is 0.463 e. The van der Waals surface area contributed by atoms with Crippen LogP contribution < -0.4 is 0 Å². The van der Waals surface area contributed by atoms with Crippen molar-refractivity contribution in [3.05, 3.63) is 0 Å². The van der Waals surface area contributed by atoms with E-state index in [0.29, 0.717) is 0 Å². The van der Waals surface area contributed by atoms with E-state index in [0.717, 1.165) is 0 Å². The monoisotopic (exact) mass is 157 g/mol. The Bertz CT molecular complexity index is 203. The van der Waals surface area contributed by atoms with Crippen molar-refractivity contribution in [3.8, 4) is 0 Å². The van der Waals surface area contributed by atoms with Crippen LogP contribution in [0.15, 0.2) is 0 Å². The minimum atomic E-state index is -5.01. The molecule has 0 rings (SSSR count). The third-order valence-electron chi connectivity index (χ3n) is 0.382. The van der Waals surface area contributed by atoms with Gasteiger partial charge < -0.3 is 5.11 Å². The Morgan fingerprint density at radius 1 is 1.44 bits per heavy atom. The Morgan fingerprint density at radius 3 is 1.78 bits per heavy atom. The molecular weight excluding hydrogens is 154 g/mol. The zero-order valence-electron chi connectivity index (χ0n) is 3.92. The first-order valence-electron chi connectivity index (χ1n) is 1.55. The van der Waals surface area contributed by atoms with Crippen molar-refractivity contribution < 1.29 is 28.1 Å². The molecule has 9 heavy (non-hydrogen) atoms. The van der Waals surface area contributed by atoms with E-state index in [1.54, 1.807) is 0 Å². The summed E-state index contributed by atoms with van der Waals surface area (Å²) >= 11 is 0. The summed E-state index contributed by atoms with van der Waals surface area (Å²) < 4.78 is 25.8. The van der Waals surface area contributed by atoms with E-state index in [-0.39, 0.29) is 0 Å². The van der Waals surface area contributed by atoms with Crippen LogP contribution in [0.5, 0.6) is 0 Å². The van der Waals surface area contributed by atoms with Crippen molar-refractivity contribution in [1.29, 1.82) is 0 Å². The number of hydrogen-bond donors (Lipinski definition) is 3. The standard InChI is InChI=1S/CH3NO6S/c3-1(4)2(5)9(6,7)8/h5H,(H,3,4)(H,6,7,8). The Balaban J connectivity index is 4.43. The van der Waals surface area contributed by atoms with Crippen LogP contribution in [-0.2, 0) is 10.3 Å². The van der Waals surface area contributed by atoms with Gasteiger partial charge in [0, 0.05) is 0 Å². The molecule has 54 valence electrons. The Hall–Kier alpha value is -0.860. The Labute approximate surface area is 50.0 Å². The number of hydroxylamine groups is 1. The molecule has 0 aromatic rings. The predicted octanol–water partition coefficient (Wildman–Crippen LogP) is -0.842. The summed E-state index contributed by atoms with van der Waals surface area (Å²) in [6.45, 7) is 0.